The molecule has 1 N–H and O–H groups in total. The number of imidazole rings is 1. The number of benzene rings is 1. The van der Waals surface area contributed by atoms with Gasteiger partial charge in [-0.05, 0) is 32.4 Å². The highest BCUT2D eigenvalue weighted by Crippen LogP contribution is 2.26. The lowest BCUT2D eigenvalue weighted by Gasteiger charge is -2.14. The van der Waals surface area contributed by atoms with E-state index >= 15 is 0 Å². The molecule has 1 atom stereocenters. The number of nitrogens with one attached hydrogen (secondary N) is 1. The molecule has 0 aliphatic heterocycles. The first-order valence-corrected chi connectivity index (χ1v) is 8.07. The van der Waals surface area contributed by atoms with Gasteiger partial charge < -0.3 is 5.32 Å². The molecule has 22 heavy (non-hydrogen) atoms. The van der Waals surface area contributed by atoms with Crippen LogP contribution in [0.1, 0.15) is 18.1 Å². The molecule has 2 rings (SSSR count). The van der Waals surface area contributed by atoms with Crippen LogP contribution in [-0.2, 0) is 4.79 Å². The second kappa shape index (κ2) is 7.31. The summed E-state index contributed by atoms with van der Waals surface area (Å²) < 4.78 is 2.02. The van der Waals surface area contributed by atoms with E-state index in [9.17, 15) is 4.79 Å². The number of aromatic nitrogens is 2. The number of nitrogens with zero attached hydrogens (tertiary/aromatic N) is 2. The lowest BCUT2D eigenvalue weighted by Crippen LogP contribution is -2.31. The first-order chi connectivity index (χ1) is 10.5. The van der Waals surface area contributed by atoms with E-state index in [0.717, 1.165) is 10.8 Å². The summed E-state index contributed by atoms with van der Waals surface area (Å²) in [6.07, 6.45) is 5.36. The molecular formula is C17H21N3OS. The number of thioether (sulfide) groups is 1. The van der Waals surface area contributed by atoms with Crippen molar-refractivity contribution >= 4 is 17.7 Å². The Balaban J connectivity index is 2.19. The molecule has 0 radical (unpaired) electrons. The molecule has 0 spiro atoms. The molecule has 1 aromatic heterocycles. The lowest BCUT2D eigenvalue weighted by atomic mass is 10.1. The Bertz CT molecular complexity index is 678. The molecule has 5 heteroatoms. The molecule has 0 aliphatic carbocycles. The van der Waals surface area contributed by atoms with Gasteiger partial charge in [0.2, 0.25) is 5.91 Å². The van der Waals surface area contributed by atoms with Crippen LogP contribution in [0.3, 0.4) is 0 Å². The van der Waals surface area contributed by atoms with Crippen molar-refractivity contribution in [1.82, 2.24) is 14.9 Å². The maximum atomic E-state index is 12.0. The van der Waals surface area contributed by atoms with Gasteiger partial charge in [0.1, 0.15) is 0 Å². The molecule has 0 fully saturated rings. The van der Waals surface area contributed by atoms with Crippen LogP contribution in [-0.4, -0.2) is 27.3 Å². The summed E-state index contributed by atoms with van der Waals surface area (Å²) in [4.78, 5) is 16.4. The van der Waals surface area contributed by atoms with E-state index in [2.05, 4.69) is 48.9 Å². The molecule has 0 unspecified atom stereocenters. The predicted molar refractivity (Wildman–Crippen MR) is 91.6 cm³/mol. The molecule has 1 heterocycles. The minimum absolute atomic E-state index is 0.0138. The van der Waals surface area contributed by atoms with Crippen molar-refractivity contribution in [3.05, 3.63) is 54.4 Å². The maximum Gasteiger partial charge on any atom is 0.233 e. The molecule has 4 nitrogen and oxygen atoms in total. The SMILES string of the molecule is C=CCNC(=O)[C@H](C)Sc1nccn1-c1ccc(C)cc1C. The highest BCUT2D eigenvalue weighted by Gasteiger charge is 2.17. The summed E-state index contributed by atoms with van der Waals surface area (Å²) in [5, 5.41) is 3.41. The van der Waals surface area contributed by atoms with Crippen LogP contribution in [0.5, 0.6) is 0 Å². The summed E-state index contributed by atoms with van der Waals surface area (Å²) in [5.41, 5.74) is 3.50. The molecular weight excluding hydrogens is 294 g/mol. The van der Waals surface area contributed by atoms with Crippen LogP contribution in [0.2, 0.25) is 0 Å². The van der Waals surface area contributed by atoms with Crippen LogP contribution in [0.4, 0.5) is 0 Å². The van der Waals surface area contributed by atoms with Gasteiger partial charge in [0.25, 0.3) is 0 Å². The second-order valence-corrected chi connectivity index (χ2v) is 6.47. The molecule has 116 valence electrons. The van der Waals surface area contributed by atoms with Gasteiger partial charge in [-0.15, -0.1) is 6.58 Å². The van der Waals surface area contributed by atoms with E-state index in [0.29, 0.717) is 6.54 Å². The van der Waals surface area contributed by atoms with Crippen molar-refractivity contribution in [3.63, 3.8) is 0 Å². The van der Waals surface area contributed by atoms with Gasteiger partial charge in [0.05, 0.1) is 10.9 Å². The van der Waals surface area contributed by atoms with Crippen molar-refractivity contribution in [1.29, 1.82) is 0 Å². The summed E-state index contributed by atoms with van der Waals surface area (Å²) in [7, 11) is 0. The monoisotopic (exact) mass is 315 g/mol. The Labute approximate surface area is 135 Å². The van der Waals surface area contributed by atoms with Crippen LogP contribution >= 0.6 is 11.8 Å². The Morgan fingerprint density at radius 1 is 1.50 bits per heavy atom. The van der Waals surface area contributed by atoms with Gasteiger partial charge in [-0.25, -0.2) is 4.98 Å². The van der Waals surface area contributed by atoms with Gasteiger partial charge in [-0.2, -0.15) is 0 Å². The Hall–Kier alpha value is -2.01. The fourth-order valence-corrected chi connectivity index (χ4v) is 3.07. The van der Waals surface area contributed by atoms with Crippen LogP contribution < -0.4 is 5.32 Å². The summed E-state index contributed by atoms with van der Waals surface area (Å²) in [6, 6.07) is 6.31. The Kier molecular flexibility index (Phi) is 5.44. The van der Waals surface area contributed by atoms with Gasteiger partial charge >= 0.3 is 0 Å². The summed E-state index contributed by atoms with van der Waals surface area (Å²) in [5.74, 6) is -0.0138. The average molecular weight is 315 g/mol. The van der Waals surface area contributed by atoms with Crippen molar-refractivity contribution in [3.8, 4) is 5.69 Å². The van der Waals surface area contributed by atoms with Gasteiger partial charge in [0, 0.05) is 18.9 Å². The fraction of sp³-hybridized carbons (Fsp3) is 0.294. The smallest absolute Gasteiger partial charge is 0.233 e. The van der Waals surface area contributed by atoms with Crippen LogP contribution in [0.25, 0.3) is 5.69 Å². The third kappa shape index (κ3) is 3.80. The normalized spacial score (nSPS) is 12.0. The highest BCUT2D eigenvalue weighted by molar-refractivity contribution is 8.00. The number of amides is 1. The predicted octanol–water partition coefficient (Wildman–Crippen LogP) is 3.27. The maximum absolute atomic E-state index is 12.0. The molecule has 1 amide bonds. The number of hydrogen-bond donors (Lipinski definition) is 1. The van der Waals surface area contributed by atoms with Crippen molar-refractivity contribution < 1.29 is 4.79 Å². The van der Waals surface area contributed by atoms with Crippen molar-refractivity contribution in [2.24, 2.45) is 0 Å². The van der Waals surface area contributed by atoms with E-state index in [1.165, 1.54) is 22.9 Å². The summed E-state index contributed by atoms with van der Waals surface area (Å²) in [6.45, 7) is 10.1. The van der Waals surface area contributed by atoms with Gasteiger partial charge in [0.15, 0.2) is 5.16 Å². The zero-order valence-corrected chi connectivity index (χ0v) is 14.0. The zero-order valence-electron chi connectivity index (χ0n) is 13.2. The second-order valence-electron chi connectivity index (χ2n) is 5.16. The van der Waals surface area contributed by atoms with Crippen molar-refractivity contribution in [2.75, 3.05) is 6.54 Å². The Morgan fingerprint density at radius 2 is 2.27 bits per heavy atom. The first-order valence-electron chi connectivity index (χ1n) is 7.19. The highest BCUT2D eigenvalue weighted by atomic mass is 32.2. The first kappa shape index (κ1) is 16.4. The topological polar surface area (TPSA) is 46.9 Å². The molecule has 1 aromatic carbocycles. The number of carbonyl (C=O) groups is 1. The molecule has 0 saturated heterocycles. The number of carbonyl (C=O) groups excluding carboxylic acids is 1. The van der Waals surface area contributed by atoms with E-state index in [1.54, 1.807) is 12.3 Å². The largest absolute Gasteiger partial charge is 0.352 e. The summed E-state index contributed by atoms with van der Waals surface area (Å²) >= 11 is 1.45. The van der Waals surface area contributed by atoms with Crippen LogP contribution in [0.15, 0.2) is 48.4 Å². The third-order valence-corrected chi connectivity index (χ3v) is 4.37. The molecule has 0 bridgehead atoms. The third-order valence-electron chi connectivity index (χ3n) is 3.29. The lowest BCUT2D eigenvalue weighted by molar-refractivity contribution is -0.120. The van der Waals surface area contributed by atoms with Crippen molar-refractivity contribution in [2.45, 2.75) is 31.2 Å². The van der Waals surface area contributed by atoms with E-state index in [4.69, 9.17) is 0 Å². The number of rotatable bonds is 6. The minimum atomic E-state index is -0.216. The molecule has 0 saturated carbocycles. The van der Waals surface area contributed by atoms with E-state index < -0.39 is 0 Å². The minimum Gasteiger partial charge on any atom is -0.352 e. The zero-order chi connectivity index (χ0) is 16.1. The van der Waals surface area contributed by atoms with Gasteiger partial charge in [-0.3, -0.25) is 9.36 Å². The number of aryl methyl sites for hydroxylation is 2. The molecule has 0 aliphatic rings. The fourth-order valence-electron chi connectivity index (χ4n) is 2.16. The number of hydrogen-bond acceptors (Lipinski definition) is 3. The Morgan fingerprint density at radius 3 is 2.95 bits per heavy atom. The van der Waals surface area contributed by atoms with E-state index in [1.807, 2.05) is 17.7 Å². The molecule has 2 aromatic rings. The quantitative estimate of drug-likeness (QED) is 0.657. The standard InChI is InChI=1S/C17H21N3OS/c1-5-8-18-16(21)14(4)22-17-19-9-10-20(17)15-7-6-12(2)11-13(15)3/h5-7,9-11,14H,1,8H2,2-4H3,(H,18,21)/t14-/m0/s1. The average Bonchev–Trinajstić information content (AvgIpc) is 2.92. The van der Waals surface area contributed by atoms with Crippen LogP contribution in [0, 0.1) is 13.8 Å². The van der Waals surface area contributed by atoms with E-state index in [-0.39, 0.29) is 11.2 Å². The van der Waals surface area contributed by atoms with Gasteiger partial charge in [-0.1, -0.05) is 35.5 Å².